The van der Waals surface area contributed by atoms with Gasteiger partial charge in [0.2, 0.25) is 12.1 Å². The highest BCUT2D eigenvalue weighted by atomic mass is 79.9. The van der Waals surface area contributed by atoms with Crippen LogP contribution in [0.4, 0.5) is 8.78 Å². The molecule has 0 saturated heterocycles. The second kappa shape index (κ2) is 10.1. The van der Waals surface area contributed by atoms with Gasteiger partial charge in [0.15, 0.2) is 0 Å². The molecule has 3 aliphatic heterocycles. The van der Waals surface area contributed by atoms with Crippen LogP contribution >= 0.6 is 15.9 Å². The lowest BCUT2D eigenvalue weighted by Gasteiger charge is -2.37. The molecule has 7 rings (SSSR count). The van der Waals surface area contributed by atoms with Crippen LogP contribution in [0, 0.1) is 0 Å². The third-order valence-electron chi connectivity index (χ3n) is 8.51. The second-order valence-corrected chi connectivity index (χ2v) is 11.9. The van der Waals surface area contributed by atoms with Crippen molar-refractivity contribution in [2.75, 3.05) is 19.6 Å². The van der Waals surface area contributed by atoms with Gasteiger partial charge in [0.25, 0.3) is 12.3 Å². The minimum atomic E-state index is -2.80. The lowest BCUT2D eigenvalue weighted by Crippen LogP contribution is -2.47. The van der Waals surface area contributed by atoms with Gasteiger partial charge in [0.05, 0.1) is 28.4 Å². The van der Waals surface area contributed by atoms with Crippen LogP contribution in [-0.2, 0) is 17.6 Å². The largest absolute Gasteiger partial charge is 0.506 e. The predicted octanol–water partition coefficient (Wildman–Crippen LogP) is 3.37. The summed E-state index contributed by atoms with van der Waals surface area (Å²) in [5.74, 6) is 0.00668. The summed E-state index contributed by atoms with van der Waals surface area (Å²) in [5, 5.41) is 16.3. The molecule has 4 heterocycles. The number of alkyl halides is 2. The molecule has 4 aliphatic rings. The number of benzene rings is 2. The highest BCUT2D eigenvalue weighted by Crippen LogP contribution is 2.43. The van der Waals surface area contributed by atoms with Gasteiger partial charge in [0.1, 0.15) is 16.8 Å². The number of phenols is 1. The summed E-state index contributed by atoms with van der Waals surface area (Å²) in [5.41, 5.74) is 4.33. The maximum atomic E-state index is 14.2. The first-order valence-electron chi connectivity index (χ1n) is 13.9. The highest BCUT2D eigenvalue weighted by Gasteiger charge is 2.41. The van der Waals surface area contributed by atoms with Gasteiger partial charge in [-0.15, -0.1) is 0 Å². The number of carbonyl (C=O) groups excluding carboxylic acids is 2. The van der Waals surface area contributed by atoms with E-state index in [1.807, 2.05) is 18.2 Å². The lowest BCUT2D eigenvalue weighted by atomic mass is 9.94. The van der Waals surface area contributed by atoms with Gasteiger partial charge in [0, 0.05) is 42.5 Å². The van der Waals surface area contributed by atoms with E-state index in [1.54, 1.807) is 26.6 Å². The van der Waals surface area contributed by atoms with Gasteiger partial charge in [-0.05, 0) is 70.6 Å². The molecule has 12 heteroatoms. The molecule has 1 saturated carbocycles. The van der Waals surface area contributed by atoms with Gasteiger partial charge >= 0.3 is 0 Å². The van der Waals surface area contributed by atoms with E-state index in [1.165, 1.54) is 6.08 Å². The van der Waals surface area contributed by atoms with Crippen molar-refractivity contribution in [2.24, 2.45) is 9.98 Å². The summed E-state index contributed by atoms with van der Waals surface area (Å²) in [6.45, 7) is 4.53. The lowest BCUT2D eigenvalue weighted by molar-refractivity contribution is -0.126. The zero-order valence-electron chi connectivity index (χ0n) is 22.5. The summed E-state index contributed by atoms with van der Waals surface area (Å²) in [6, 6.07) is 8.37. The summed E-state index contributed by atoms with van der Waals surface area (Å²) in [4.78, 5) is 38.4. The van der Waals surface area contributed by atoms with Crippen molar-refractivity contribution >= 4 is 27.7 Å². The Kier molecular flexibility index (Phi) is 6.48. The molecule has 2 atom stereocenters. The minimum absolute atomic E-state index is 0.134. The summed E-state index contributed by atoms with van der Waals surface area (Å²) >= 11 is 3.35. The highest BCUT2D eigenvalue weighted by molar-refractivity contribution is 9.10. The monoisotopic (exact) mass is 636 g/mol. The molecule has 1 aliphatic carbocycles. The summed E-state index contributed by atoms with van der Waals surface area (Å²) in [7, 11) is 0. The number of fused-ring (bicyclic) bond motifs is 1. The van der Waals surface area contributed by atoms with Crippen LogP contribution in [0.15, 0.2) is 57.4 Å². The Bertz CT molecular complexity index is 1790. The molecule has 9 nitrogen and oxygen atoms in total. The van der Waals surface area contributed by atoms with Gasteiger partial charge in [-0.2, -0.15) is 5.10 Å². The topological polar surface area (TPSA) is 103 Å². The molecular weight excluding hydrogens is 610 g/mol. The standard InChI is InChI=1S/C30H27BrF2N6O3/c1-2-24(41)37-11-9-19-25-21(39(36-19)20-8-5-16(13-23(20)40)15-3-4-15)10-12-38(22(25)14-37)30(42)17-6-7-18(31)27-26(17)34-29(35-27)28(32)33/h2,5-8,13,15,22,28-29,40H,1,3-4,9-12,14H2. The van der Waals surface area contributed by atoms with E-state index >= 15 is 0 Å². The fourth-order valence-electron chi connectivity index (χ4n) is 6.30. The molecule has 0 radical (unpaired) electrons. The first-order chi connectivity index (χ1) is 20.2. The summed E-state index contributed by atoms with van der Waals surface area (Å²) in [6.07, 6.45) is 0.0460. The predicted molar refractivity (Wildman–Crippen MR) is 151 cm³/mol. The number of amides is 2. The zero-order valence-corrected chi connectivity index (χ0v) is 24.1. The van der Waals surface area contributed by atoms with E-state index in [0.717, 1.165) is 35.4 Å². The molecule has 0 spiro atoms. The van der Waals surface area contributed by atoms with Gasteiger partial charge < -0.3 is 14.9 Å². The molecule has 1 aromatic heterocycles. The fraction of sp³-hybridized carbons (Fsp3) is 0.367. The van der Waals surface area contributed by atoms with Crippen LogP contribution in [-0.4, -0.2) is 68.7 Å². The first kappa shape index (κ1) is 26.9. The van der Waals surface area contributed by atoms with E-state index in [0.29, 0.717) is 42.0 Å². The molecule has 0 bridgehead atoms. The number of carbonyl (C=O) groups is 2. The Balaban J connectivity index is 1.32. The van der Waals surface area contributed by atoms with E-state index in [2.05, 4.69) is 32.5 Å². The van der Waals surface area contributed by atoms with Crippen LogP contribution in [0.25, 0.3) is 5.69 Å². The van der Waals surface area contributed by atoms with Crippen molar-refractivity contribution in [1.82, 2.24) is 19.6 Å². The maximum absolute atomic E-state index is 14.2. The second-order valence-electron chi connectivity index (χ2n) is 11.0. The first-order valence-corrected chi connectivity index (χ1v) is 14.7. The van der Waals surface area contributed by atoms with E-state index in [9.17, 15) is 23.5 Å². The van der Waals surface area contributed by atoms with E-state index in [4.69, 9.17) is 5.10 Å². The van der Waals surface area contributed by atoms with Crippen molar-refractivity contribution in [2.45, 2.75) is 50.2 Å². The molecule has 1 fully saturated rings. The minimum Gasteiger partial charge on any atom is -0.506 e. The van der Waals surface area contributed by atoms with Crippen LogP contribution in [0.3, 0.4) is 0 Å². The number of nitrogens with zero attached hydrogens (tertiary/aromatic N) is 6. The quantitative estimate of drug-likeness (QED) is 0.434. The molecule has 1 N–H and O–H groups in total. The number of hydrogen-bond acceptors (Lipinski definition) is 6. The third-order valence-corrected chi connectivity index (χ3v) is 9.15. The molecule has 2 aromatic carbocycles. The fourth-order valence-corrected chi connectivity index (χ4v) is 6.72. The van der Waals surface area contributed by atoms with Crippen LogP contribution in [0.2, 0.25) is 0 Å². The number of halogens is 3. The third kappa shape index (κ3) is 4.34. The van der Waals surface area contributed by atoms with Crippen LogP contribution in [0.5, 0.6) is 5.75 Å². The van der Waals surface area contributed by atoms with Crippen molar-refractivity contribution in [3.63, 3.8) is 0 Å². The van der Waals surface area contributed by atoms with Crippen molar-refractivity contribution in [1.29, 1.82) is 0 Å². The maximum Gasteiger partial charge on any atom is 0.280 e. The number of phenolic OH excluding ortho intramolecular Hbond substituents is 1. The Morgan fingerprint density at radius 2 is 1.88 bits per heavy atom. The molecule has 216 valence electrons. The Morgan fingerprint density at radius 1 is 1.10 bits per heavy atom. The molecule has 2 amide bonds. The average molecular weight is 637 g/mol. The van der Waals surface area contributed by atoms with Gasteiger partial charge in [-0.1, -0.05) is 12.6 Å². The molecule has 2 unspecified atom stereocenters. The van der Waals surface area contributed by atoms with E-state index < -0.39 is 18.6 Å². The van der Waals surface area contributed by atoms with Gasteiger partial charge in [-0.3, -0.25) is 9.59 Å². The Morgan fingerprint density at radius 3 is 2.60 bits per heavy atom. The SMILES string of the molecule is C=CC(=O)N1CCc2nn(-c3ccc(C4CC4)cc3O)c3c2C(C1)N(C(=O)c1ccc(Br)c2c1=NC(C(F)F)N=2)CC3. The van der Waals surface area contributed by atoms with Crippen molar-refractivity contribution in [3.8, 4) is 11.4 Å². The van der Waals surface area contributed by atoms with Gasteiger partial charge in [-0.25, -0.2) is 23.4 Å². The normalized spacial score (nSPS) is 20.9. The number of hydrogen-bond donors (Lipinski definition) is 1. The zero-order chi connectivity index (χ0) is 29.3. The van der Waals surface area contributed by atoms with Crippen LogP contribution < -0.4 is 10.7 Å². The van der Waals surface area contributed by atoms with Crippen LogP contribution in [0.1, 0.15) is 57.7 Å². The average Bonchev–Trinajstić information content (AvgIpc) is 3.67. The summed E-state index contributed by atoms with van der Waals surface area (Å²) < 4.78 is 29.3. The Labute approximate surface area is 248 Å². The van der Waals surface area contributed by atoms with Crippen molar-refractivity contribution < 1.29 is 23.5 Å². The molecular formula is C30H27BrF2N6O3. The number of aromatic hydroxyl groups is 1. The molecule has 3 aromatic rings. The Hall–Kier alpha value is -3.93. The number of rotatable bonds is 5. The number of aromatic nitrogens is 2. The van der Waals surface area contributed by atoms with E-state index in [-0.39, 0.29) is 40.4 Å². The van der Waals surface area contributed by atoms with Crippen molar-refractivity contribution in [3.05, 3.63) is 86.3 Å². The smallest absolute Gasteiger partial charge is 0.280 e. The molecule has 42 heavy (non-hydrogen) atoms.